The molecule has 0 atom stereocenters. The van der Waals surface area contributed by atoms with E-state index >= 15 is 0 Å². The van der Waals surface area contributed by atoms with Crippen LogP contribution < -0.4 is 20.1 Å². The van der Waals surface area contributed by atoms with Crippen LogP contribution >= 0.6 is 23.1 Å². The van der Waals surface area contributed by atoms with E-state index in [9.17, 15) is 14.4 Å². The smallest absolute Gasteiger partial charge is 0.341 e. The molecule has 13 heteroatoms. The van der Waals surface area contributed by atoms with Gasteiger partial charge >= 0.3 is 5.97 Å². The highest BCUT2D eigenvalue weighted by Crippen LogP contribution is 2.39. The van der Waals surface area contributed by atoms with Crippen molar-refractivity contribution in [2.45, 2.75) is 37.9 Å². The summed E-state index contributed by atoms with van der Waals surface area (Å²) in [7, 11) is 1.56. The second kappa shape index (κ2) is 14.2. The molecule has 0 aliphatic heterocycles. The minimum atomic E-state index is -0.415. The Bertz CT molecular complexity index is 1600. The normalized spacial score (nSPS) is 12.0. The Balaban J connectivity index is 1.29. The number of anilines is 1. The number of amides is 2. The van der Waals surface area contributed by atoms with Gasteiger partial charge in [0.1, 0.15) is 16.5 Å². The third-order valence-corrected chi connectivity index (χ3v) is 8.71. The van der Waals surface area contributed by atoms with Gasteiger partial charge in [0.05, 0.1) is 37.3 Å². The fourth-order valence-electron chi connectivity index (χ4n) is 4.66. The van der Waals surface area contributed by atoms with E-state index in [2.05, 4.69) is 20.8 Å². The molecule has 11 nitrogen and oxygen atoms in total. The summed E-state index contributed by atoms with van der Waals surface area (Å²) in [4.78, 5) is 39.4. The van der Waals surface area contributed by atoms with Crippen LogP contribution in [-0.2, 0) is 33.7 Å². The van der Waals surface area contributed by atoms with Crippen molar-refractivity contribution >= 4 is 45.9 Å². The molecule has 2 aromatic heterocycles. The van der Waals surface area contributed by atoms with Crippen molar-refractivity contribution in [2.24, 2.45) is 0 Å². The molecule has 1 aliphatic rings. The molecule has 2 heterocycles. The molecule has 224 valence electrons. The van der Waals surface area contributed by atoms with Crippen LogP contribution in [0.4, 0.5) is 5.00 Å². The molecular weight excluding hydrogens is 590 g/mol. The number of methoxy groups -OCH3 is 1. The van der Waals surface area contributed by atoms with Crippen LogP contribution in [0.1, 0.15) is 40.0 Å². The van der Waals surface area contributed by atoms with Crippen molar-refractivity contribution in [1.29, 1.82) is 0 Å². The standard InChI is InChI=1S/C30H31N5O6S2/c1-3-40-29(38)27-20-12-9-15-23(20)43-28(27)32-26(37)18-42-30-34-33-24(35(30)21-13-7-8-14-22(21)39-2)16-31-25(36)17-41-19-10-5-4-6-11-19/h4-8,10-11,13-14H,3,9,12,15-18H2,1-2H3,(H,31,36)(H,32,37). The number of para-hydroxylation sites is 3. The van der Waals surface area contributed by atoms with Gasteiger partial charge in [-0.2, -0.15) is 0 Å². The van der Waals surface area contributed by atoms with Gasteiger partial charge in [-0.25, -0.2) is 4.79 Å². The van der Waals surface area contributed by atoms with E-state index in [1.54, 1.807) is 36.8 Å². The molecule has 4 aromatic rings. The van der Waals surface area contributed by atoms with Crippen LogP contribution in [0.25, 0.3) is 5.69 Å². The number of nitrogens with zero attached hydrogens (tertiary/aromatic N) is 3. The number of rotatable bonds is 13. The first-order chi connectivity index (χ1) is 21.0. The quantitative estimate of drug-likeness (QED) is 0.164. The molecule has 0 bridgehead atoms. The topological polar surface area (TPSA) is 134 Å². The maximum Gasteiger partial charge on any atom is 0.341 e. The molecule has 2 aromatic carbocycles. The van der Waals surface area contributed by atoms with Crippen LogP contribution in [0.3, 0.4) is 0 Å². The van der Waals surface area contributed by atoms with Crippen LogP contribution in [0, 0.1) is 0 Å². The zero-order valence-electron chi connectivity index (χ0n) is 23.8. The molecule has 43 heavy (non-hydrogen) atoms. The number of carbonyl (C=O) groups excluding carboxylic acids is 3. The highest BCUT2D eigenvalue weighted by Gasteiger charge is 2.28. The first-order valence-corrected chi connectivity index (χ1v) is 15.5. The second-order valence-electron chi connectivity index (χ2n) is 9.40. The number of hydrogen-bond acceptors (Lipinski definition) is 10. The molecular formula is C30H31N5O6S2. The fraction of sp³-hybridized carbons (Fsp3) is 0.300. The number of esters is 1. The third kappa shape index (κ3) is 7.17. The van der Waals surface area contributed by atoms with Crippen LogP contribution in [0.15, 0.2) is 59.8 Å². The fourth-order valence-corrected chi connectivity index (χ4v) is 6.72. The molecule has 5 rings (SSSR count). The molecule has 0 unspecified atom stereocenters. The Morgan fingerprint density at radius 2 is 1.81 bits per heavy atom. The summed E-state index contributed by atoms with van der Waals surface area (Å²) in [5.74, 6) is 0.579. The zero-order valence-corrected chi connectivity index (χ0v) is 25.4. The Labute approximate surface area is 256 Å². The number of thioether (sulfide) groups is 1. The van der Waals surface area contributed by atoms with E-state index < -0.39 is 5.97 Å². The van der Waals surface area contributed by atoms with E-state index in [-0.39, 0.29) is 37.3 Å². The number of benzene rings is 2. The van der Waals surface area contributed by atoms with Gasteiger partial charge in [0.25, 0.3) is 5.91 Å². The highest BCUT2D eigenvalue weighted by molar-refractivity contribution is 7.99. The van der Waals surface area contributed by atoms with Crippen molar-refractivity contribution in [3.8, 4) is 17.2 Å². The van der Waals surface area contributed by atoms with Crippen molar-refractivity contribution in [2.75, 3.05) is 31.4 Å². The van der Waals surface area contributed by atoms with E-state index in [4.69, 9.17) is 14.2 Å². The summed E-state index contributed by atoms with van der Waals surface area (Å²) < 4.78 is 18.1. The average molecular weight is 622 g/mol. The SMILES string of the molecule is CCOC(=O)c1c(NC(=O)CSc2nnc(CNC(=O)COc3ccccc3)n2-c2ccccc2OC)sc2c1CCC2. The van der Waals surface area contributed by atoms with E-state index in [0.717, 1.165) is 29.7 Å². The van der Waals surface area contributed by atoms with Crippen molar-refractivity contribution in [3.05, 3.63) is 76.4 Å². The molecule has 0 spiro atoms. The number of carbonyl (C=O) groups is 3. The number of aromatic nitrogens is 3. The van der Waals surface area contributed by atoms with Gasteiger partial charge in [-0.05, 0) is 56.0 Å². The van der Waals surface area contributed by atoms with Gasteiger partial charge in [0.15, 0.2) is 17.6 Å². The minimum Gasteiger partial charge on any atom is -0.495 e. The van der Waals surface area contributed by atoms with Crippen LogP contribution in [0.5, 0.6) is 11.5 Å². The van der Waals surface area contributed by atoms with Crippen molar-refractivity contribution in [1.82, 2.24) is 20.1 Å². The average Bonchev–Trinajstić information content (AvgIpc) is 3.73. The summed E-state index contributed by atoms with van der Waals surface area (Å²) in [6.07, 6.45) is 2.67. The van der Waals surface area contributed by atoms with Gasteiger partial charge in [-0.3, -0.25) is 14.2 Å². The zero-order chi connectivity index (χ0) is 30.2. The summed E-state index contributed by atoms with van der Waals surface area (Å²) >= 11 is 2.61. The molecule has 0 fully saturated rings. The summed E-state index contributed by atoms with van der Waals surface area (Å²) in [5, 5.41) is 15.3. The van der Waals surface area contributed by atoms with Crippen LogP contribution in [0.2, 0.25) is 0 Å². The Hall–Kier alpha value is -4.36. The first-order valence-electron chi connectivity index (χ1n) is 13.7. The van der Waals surface area contributed by atoms with E-state index in [1.165, 1.54) is 23.1 Å². The van der Waals surface area contributed by atoms with Crippen molar-refractivity contribution < 1.29 is 28.6 Å². The number of hydrogen-bond donors (Lipinski definition) is 2. The van der Waals surface area contributed by atoms with Crippen molar-refractivity contribution in [3.63, 3.8) is 0 Å². The third-order valence-electron chi connectivity index (χ3n) is 6.57. The number of thiophene rings is 1. The van der Waals surface area contributed by atoms with Crippen LogP contribution in [-0.4, -0.2) is 58.6 Å². The Morgan fingerprint density at radius 3 is 2.60 bits per heavy atom. The van der Waals surface area contributed by atoms with Gasteiger partial charge < -0.3 is 24.8 Å². The second-order valence-corrected chi connectivity index (χ2v) is 11.5. The van der Waals surface area contributed by atoms with Gasteiger partial charge in [0.2, 0.25) is 5.91 Å². The van der Waals surface area contributed by atoms with Gasteiger partial charge in [0, 0.05) is 4.88 Å². The first kappa shape index (κ1) is 30.1. The lowest BCUT2D eigenvalue weighted by Gasteiger charge is -2.14. The molecule has 0 saturated carbocycles. The number of fused-ring (bicyclic) bond motifs is 1. The highest BCUT2D eigenvalue weighted by atomic mass is 32.2. The number of nitrogens with one attached hydrogen (secondary N) is 2. The predicted octanol–water partition coefficient (Wildman–Crippen LogP) is 4.43. The molecule has 0 radical (unpaired) electrons. The summed E-state index contributed by atoms with van der Waals surface area (Å²) in [5.41, 5.74) is 2.09. The Morgan fingerprint density at radius 1 is 1.02 bits per heavy atom. The van der Waals surface area contributed by atoms with Gasteiger partial charge in [-0.15, -0.1) is 21.5 Å². The number of ether oxygens (including phenoxy) is 3. The molecule has 0 saturated heterocycles. The maximum atomic E-state index is 13.1. The summed E-state index contributed by atoms with van der Waals surface area (Å²) in [6.45, 7) is 1.93. The lowest BCUT2D eigenvalue weighted by molar-refractivity contribution is -0.123. The monoisotopic (exact) mass is 621 g/mol. The molecule has 2 N–H and O–H groups in total. The summed E-state index contributed by atoms with van der Waals surface area (Å²) in [6, 6.07) is 16.4. The lowest BCUT2D eigenvalue weighted by Crippen LogP contribution is -2.29. The predicted molar refractivity (Wildman–Crippen MR) is 163 cm³/mol. The minimum absolute atomic E-state index is 0.00931. The Kier molecular flexibility index (Phi) is 9.95. The number of aryl methyl sites for hydroxylation is 1. The molecule has 2 amide bonds. The molecule has 1 aliphatic carbocycles. The largest absolute Gasteiger partial charge is 0.495 e. The van der Waals surface area contributed by atoms with Gasteiger partial charge in [-0.1, -0.05) is 42.1 Å². The van der Waals surface area contributed by atoms with E-state index in [1.807, 2.05) is 36.4 Å². The van der Waals surface area contributed by atoms with E-state index in [0.29, 0.717) is 38.7 Å². The maximum absolute atomic E-state index is 13.1. The lowest BCUT2D eigenvalue weighted by atomic mass is 10.1.